The van der Waals surface area contributed by atoms with Gasteiger partial charge in [-0.15, -0.1) is 0 Å². The highest BCUT2D eigenvalue weighted by Crippen LogP contribution is 2.30. The Labute approximate surface area is 92.8 Å². The molecule has 1 fully saturated rings. The molecule has 0 saturated heterocycles. The molecule has 4 heteroatoms. The molecule has 1 aliphatic carbocycles. The Morgan fingerprint density at radius 1 is 1.27 bits per heavy atom. The third-order valence-corrected chi connectivity index (χ3v) is 5.27. The quantitative estimate of drug-likeness (QED) is 0.786. The van der Waals surface area contributed by atoms with Gasteiger partial charge in [-0.05, 0) is 11.8 Å². The third-order valence-electron chi connectivity index (χ3n) is 3.46. The van der Waals surface area contributed by atoms with Gasteiger partial charge in [0.25, 0.3) is 0 Å². The molecule has 3 nitrogen and oxygen atoms in total. The first kappa shape index (κ1) is 13.0. The van der Waals surface area contributed by atoms with E-state index in [4.69, 9.17) is 0 Å². The Balaban J connectivity index is 2.54. The number of aliphatic hydroxyl groups excluding tert-OH is 1. The van der Waals surface area contributed by atoms with Crippen LogP contribution < -0.4 is 0 Å². The third kappa shape index (κ3) is 4.11. The molecule has 1 N–H and O–H groups in total. The van der Waals surface area contributed by atoms with Crippen molar-refractivity contribution in [1.82, 2.24) is 0 Å². The van der Waals surface area contributed by atoms with Crippen LogP contribution in [0.25, 0.3) is 0 Å². The molecular weight excluding hydrogens is 212 g/mol. The molecule has 0 radical (unpaired) electrons. The van der Waals surface area contributed by atoms with Crippen LogP contribution >= 0.6 is 0 Å². The summed E-state index contributed by atoms with van der Waals surface area (Å²) in [5.74, 6) is 0.751. The predicted octanol–water partition coefficient (Wildman–Crippen LogP) is 1.61. The van der Waals surface area contributed by atoms with Crippen molar-refractivity contribution >= 4 is 9.84 Å². The van der Waals surface area contributed by atoms with Crippen LogP contribution in [0.1, 0.15) is 39.0 Å². The lowest BCUT2D eigenvalue weighted by molar-refractivity contribution is 0.162. The lowest BCUT2D eigenvalue weighted by Crippen LogP contribution is -2.29. The molecule has 0 spiro atoms. The molecule has 0 bridgehead atoms. The summed E-state index contributed by atoms with van der Waals surface area (Å²) in [6.45, 7) is 1.69. The number of hydrogen-bond donors (Lipinski definition) is 1. The molecule has 1 unspecified atom stereocenters. The standard InChI is InChI=1S/C11H22O3S/c1-2-15(13,14)9-11(8-12)10-6-4-3-5-7-10/h10-12H,2-9H2,1H3. The highest BCUT2D eigenvalue weighted by molar-refractivity contribution is 7.91. The van der Waals surface area contributed by atoms with Crippen LogP contribution in [-0.4, -0.2) is 31.6 Å². The van der Waals surface area contributed by atoms with Gasteiger partial charge in [0.15, 0.2) is 0 Å². The van der Waals surface area contributed by atoms with Crippen molar-refractivity contribution in [3.05, 3.63) is 0 Å². The molecule has 0 aromatic carbocycles. The van der Waals surface area contributed by atoms with E-state index in [9.17, 15) is 13.5 Å². The molecule has 0 amide bonds. The van der Waals surface area contributed by atoms with Crippen LogP contribution in [0.4, 0.5) is 0 Å². The van der Waals surface area contributed by atoms with Crippen LogP contribution in [0.2, 0.25) is 0 Å². The second-order valence-electron chi connectivity index (χ2n) is 4.54. The van der Waals surface area contributed by atoms with E-state index >= 15 is 0 Å². The van der Waals surface area contributed by atoms with Gasteiger partial charge in [0.2, 0.25) is 0 Å². The zero-order chi connectivity index (χ0) is 11.3. The van der Waals surface area contributed by atoms with Gasteiger partial charge < -0.3 is 5.11 Å². The van der Waals surface area contributed by atoms with Crippen molar-refractivity contribution in [2.45, 2.75) is 39.0 Å². The van der Waals surface area contributed by atoms with Gasteiger partial charge in [-0.2, -0.15) is 0 Å². The fourth-order valence-electron chi connectivity index (χ4n) is 2.39. The topological polar surface area (TPSA) is 54.4 Å². The summed E-state index contributed by atoms with van der Waals surface area (Å²) in [7, 11) is -2.94. The monoisotopic (exact) mass is 234 g/mol. The van der Waals surface area contributed by atoms with Gasteiger partial charge in [-0.1, -0.05) is 39.0 Å². The van der Waals surface area contributed by atoms with Gasteiger partial charge in [0.1, 0.15) is 9.84 Å². The van der Waals surface area contributed by atoms with Crippen LogP contribution in [0, 0.1) is 11.8 Å². The average Bonchev–Trinajstić information content (AvgIpc) is 2.27. The first-order chi connectivity index (χ1) is 7.09. The van der Waals surface area contributed by atoms with E-state index in [2.05, 4.69) is 0 Å². The normalized spacial score (nSPS) is 21.5. The van der Waals surface area contributed by atoms with E-state index in [-0.39, 0.29) is 24.0 Å². The van der Waals surface area contributed by atoms with E-state index in [1.165, 1.54) is 19.3 Å². The fraction of sp³-hybridized carbons (Fsp3) is 1.00. The summed E-state index contributed by atoms with van der Waals surface area (Å²) < 4.78 is 23.0. The molecule has 0 aromatic rings. The molecule has 0 aliphatic heterocycles. The average molecular weight is 234 g/mol. The van der Waals surface area contributed by atoms with Gasteiger partial charge >= 0.3 is 0 Å². The molecule has 15 heavy (non-hydrogen) atoms. The molecular formula is C11H22O3S. The zero-order valence-electron chi connectivity index (χ0n) is 9.48. The van der Waals surface area contributed by atoms with Gasteiger partial charge in [-0.3, -0.25) is 0 Å². The Hall–Kier alpha value is -0.0900. The lowest BCUT2D eigenvalue weighted by Gasteiger charge is -2.28. The van der Waals surface area contributed by atoms with Crippen molar-refractivity contribution in [3.8, 4) is 0 Å². The van der Waals surface area contributed by atoms with E-state index in [1.807, 2.05) is 0 Å². The Bertz CT molecular complexity index is 266. The molecule has 1 saturated carbocycles. The predicted molar refractivity (Wildman–Crippen MR) is 61.5 cm³/mol. The van der Waals surface area contributed by atoms with E-state index < -0.39 is 9.84 Å². The largest absolute Gasteiger partial charge is 0.396 e. The number of rotatable bonds is 5. The summed E-state index contributed by atoms with van der Waals surface area (Å²) in [6, 6.07) is 0. The maximum atomic E-state index is 11.5. The zero-order valence-corrected chi connectivity index (χ0v) is 10.3. The van der Waals surface area contributed by atoms with E-state index in [0.29, 0.717) is 5.92 Å². The highest BCUT2D eigenvalue weighted by atomic mass is 32.2. The van der Waals surface area contributed by atoms with E-state index in [0.717, 1.165) is 12.8 Å². The second kappa shape index (κ2) is 5.85. The van der Waals surface area contributed by atoms with Crippen molar-refractivity contribution in [1.29, 1.82) is 0 Å². The maximum absolute atomic E-state index is 11.5. The molecule has 0 aromatic heterocycles. The van der Waals surface area contributed by atoms with Crippen LogP contribution in [-0.2, 0) is 9.84 Å². The summed E-state index contributed by atoms with van der Waals surface area (Å²) in [4.78, 5) is 0. The molecule has 90 valence electrons. The minimum Gasteiger partial charge on any atom is -0.396 e. The summed E-state index contributed by atoms with van der Waals surface area (Å²) in [5.41, 5.74) is 0. The Kier molecular flexibility index (Phi) is 5.06. The lowest BCUT2D eigenvalue weighted by atomic mass is 9.81. The minimum atomic E-state index is -2.94. The van der Waals surface area contributed by atoms with Gasteiger partial charge in [-0.25, -0.2) is 8.42 Å². The summed E-state index contributed by atoms with van der Waals surface area (Å²) >= 11 is 0. The van der Waals surface area contributed by atoms with E-state index in [1.54, 1.807) is 6.92 Å². The number of hydrogen-bond acceptors (Lipinski definition) is 3. The molecule has 1 aliphatic rings. The van der Waals surface area contributed by atoms with Crippen LogP contribution in [0.5, 0.6) is 0 Å². The van der Waals surface area contributed by atoms with Crippen molar-refractivity contribution in [2.24, 2.45) is 11.8 Å². The SMILES string of the molecule is CCS(=O)(=O)CC(CO)C1CCCCC1. The second-order valence-corrected chi connectivity index (χ2v) is 6.94. The maximum Gasteiger partial charge on any atom is 0.150 e. The molecule has 1 atom stereocenters. The van der Waals surface area contributed by atoms with Crippen LogP contribution in [0.3, 0.4) is 0 Å². The van der Waals surface area contributed by atoms with Gasteiger partial charge in [0.05, 0.1) is 5.75 Å². The first-order valence-corrected chi connectivity index (χ1v) is 7.72. The Morgan fingerprint density at radius 2 is 1.87 bits per heavy atom. The van der Waals surface area contributed by atoms with Crippen molar-refractivity contribution < 1.29 is 13.5 Å². The van der Waals surface area contributed by atoms with Gasteiger partial charge in [0, 0.05) is 12.4 Å². The number of sulfone groups is 1. The fourth-order valence-corrected chi connectivity index (χ4v) is 3.65. The first-order valence-electron chi connectivity index (χ1n) is 5.90. The highest BCUT2D eigenvalue weighted by Gasteiger charge is 2.26. The Morgan fingerprint density at radius 3 is 2.33 bits per heavy atom. The van der Waals surface area contributed by atoms with Crippen molar-refractivity contribution in [3.63, 3.8) is 0 Å². The molecule has 1 rings (SSSR count). The minimum absolute atomic E-state index is 0.0178. The summed E-state index contributed by atoms with van der Waals surface area (Å²) in [6.07, 6.45) is 5.81. The number of aliphatic hydroxyl groups is 1. The van der Waals surface area contributed by atoms with Crippen LogP contribution in [0.15, 0.2) is 0 Å². The smallest absolute Gasteiger partial charge is 0.150 e. The van der Waals surface area contributed by atoms with Crippen molar-refractivity contribution in [2.75, 3.05) is 18.1 Å². The summed E-state index contributed by atoms with van der Waals surface area (Å²) in [5, 5.41) is 9.27. The molecule has 0 heterocycles.